The van der Waals surface area contributed by atoms with Gasteiger partial charge >= 0.3 is 0 Å². The molecule has 0 amide bonds. The average Bonchev–Trinajstić information content (AvgIpc) is 3.40. The maximum Gasteiger partial charge on any atom is 0.157 e. The summed E-state index contributed by atoms with van der Waals surface area (Å²) in [6, 6.07) is 4.83. The Hall–Kier alpha value is -1.82. The summed E-state index contributed by atoms with van der Waals surface area (Å²) in [6.07, 6.45) is 11.2. The van der Waals surface area contributed by atoms with Gasteiger partial charge in [-0.1, -0.05) is 25.1 Å². The molecule has 4 aliphatic rings. The van der Waals surface area contributed by atoms with Crippen LogP contribution in [0.15, 0.2) is 18.2 Å². The van der Waals surface area contributed by atoms with Crippen molar-refractivity contribution in [3.8, 4) is 0 Å². The molecule has 1 heterocycles. The van der Waals surface area contributed by atoms with Crippen molar-refractivity contribution in [2.75, 3.05) is 0 Å². The van der Waals surface area contributed by atoms with Gasteiger partial charge in [0.15, 0.2) is 11.6 Å². The molecule has 1 aromatic heterocycles. The molecule has 190 valence electrons. The van der Waals surface area contributed by atoms with Gasteiger partial charge in [-0.2, -0.15) is 0 Å². The predicted molar refractivity (Wildman–Crippen MR) is 133 cm³/mol. The number of nitrogens with zero attached hydrogens (tertiary/aromatic N) is 3. The molecule has 4 saturated carbocycles. The van der Waals surface area contributed by atoms with Crippen molar-refractivity contribution >= 4 is 16.8 Å². The van der Waals surface area contributed by atoms with E-state index in [4.69, 9.17) is 0 Å². The highest BCUT2D eigenvalue weighted by Crippen LogP contribution is 2.69. The van der Waals surface area contributed by atoms with E-state index >= 15 is 0 Å². The van der Waals surface area contributed by atoms with Crippen molar-refractivity contribution in [3.05, 3.63) is 24.0 Å². The SMILES string of the molecule is CC[C@]12CC[C@@](C)(O)C[C@H]1CC[C@H]1[C@@H]3CC[C@H](C(=O)Cn4nnc5c(F)cccc54)[C@@]3(C)CC[C@@H]12. The molecule has 0 unspecified atom stereocenters. The number of hydrogen-bond donors (Lipinski definition) is 1. The standard InChI is InChI=1S/C29H40FN3O2/c1-4-29-15-14-27(2,35)16-18(29)8-9-19-20-10-11-22(28(20,3)13-12-21(19)29)25(34)17-33-24-7-5-6-23(30)26(24)31-32-33/h5-7,18-22,35H,4,8-17H2,1-3H3/t18-,19+,20+,21+,22-,27-,28+,29+/m1/s1. The number of carbonyl (C=O) groups excluding carboxylic acids is 1. The Morgan fingerprint density at radius 2 is 1.94 bits per heavy atom. The lowest BCUT2D eigenvalue weighted by Crippen LogP contribution is -2.56. The fraction of sp³-hybridized carbons (Fsp3) is 0.759. The van der Waals surface area contributed by atoms with Crippen LogP contribution in [0.3, 0.4) is 0 Å². The Morgan fingerprint density at radius 3 is 2.74 bits per heavy atom. The number of ketones is 1. The molecule has 0 saturated heterocycles. The molecule has 4 aliphatic carbocycles. The second-order valence-corrected chi connectivity index (χ2v) is 12.9. The number of halogens is 1. The minimum absolute atomic E-state index is 0.0435. The van der Waals surface area contributed by atoms with Gasteiger partial charge in [0.25, 0.3) is 0 Å². The lowest BCUT2D eigenvalue weighted by molar-refractivity contribution is -0.158. The molecule has 2 aromatic rings. The van der Waals surface area contributed by atoms with E-state index in [1.54, 1.807) is 16.8 Å². The van der Waals surface area contributed by atoms with Crippen molar-refractivity contribution in [3.63, 3.8) is 0 Å². The van der Waals surface area contributed by atoms with Gasteiger partial charge in [0.05, 0.1) is 11.1 Å². The van der Waals surface area contributed by atoms with Gasteiger partial charge in [0, 0.05) is 5.92 Å². The second kappa shape index (κ2) is 8.09. The van der Waals surface area contributed by atoms with E-state index in [1.807, 2.05) is 6.92 Å². The number of benzene rings is 1. The zero-order chi connectivity index (χ0) is 24.6. The fourth-order valence-electron chi connectivity index (χ4n) is 9.81. The normalized spacial score (nSPS) is 42.9. The molecular formula is C29H40FN3O2. The monoisotopic (exact) mass is 481 g/mol. The van der Waals surface area contributed by atoms with Crippen LogP contribution in [0.1, 0.15) is 85.0 Å². The molecular weight excluding hydrogens is 441 g/mol. The quantitative estimate of drug-likeness (QED) is 0.587. The molecule has 6 rings (SSSR count). The van der Waals surface area contributed by atoms with Crippen LogP contribution in [0.4, 0.5) is 4.39 Å². The number of carbonyl (C=O) groups is 1. The van der Waals surface area contributed by atoms with E-state index in [2.05, 4.69) is 24.2 Å². The molecule has 4 fully saturated rings. The van der Waals surface area contributed by atoms with Crippen LogP contribution in [-0.4, -0.2) is 31.5 Å². The van der Waals surface area contributed by atoms with E-state index < -0.39 is 11.4 Å². The summed E-state index contributed by atoms with van der Waals surface area (Å²) in [6.45, 7) is 6.99. The molecule has 1 aromatic carbocycles. The van der Waals surface area contributed by atoms with E-state index in [-0.39, 0.29) is 29.2 Å². The Bertz CT molecular complexity index is 1140. The third-order valence-electron chi connectivity index (χ3n) is 11.5. The van der Waals surface area contributed by atoms with Gasteiger partial charge in [-0.25, -0.2) is 9.07 Å². The number of fused-ring (bicyclic) bond motifs is 6. The summed E-state index contributed by atoms with van der Waals surface area (Å²) in [5, 5.41) is 18.9. The smallest absolute Gasteiger partial charge is 0.157 e. The molecule has 0 aliphatic heterocycles. The maximum absolute atomic E-state index is 14.1. The first-order valence-corrected chi connectivity index (χ1v) is 13.9. The highest BCUT2D eigenvalue weighted by molar-refractivity contribution is 5.84. The maximum atomic E-state index is 14.1. The number of hydrogen-bond acceptors (Lipinski definition) is 4. The van der Waals surface area contributed by atoms with Crippen molar-refractivity contribution in [1.82, 2.24) is 15.0 Å². The van der Waals surface area contributed by atoms with E-state index in [0.717, 1.165) is 44.4 Å². The van der Waals surface area contributed by atoms with Gasteiger partial charge in [0.2, 0.25) is 0 Å². The molecule has 0 spiro atoms. The van der Waals surface area contributed by atoms with E-state index in [9.17, 15) is 14.3 Å². The fourth-order valence-corrected chi connectivity index (χ4v) is 9.81. The Labute approximate surface area is 207 Å². The molecule has 5 nitrogen and oxygen atoms in total. The Balaban J connectivity index is 1.23. The first-order chi connectivity index (χ1) is 16.7. The van der Waals surface area contributed by atoms with Gasteiger partial charge in [-0.3, -0.25) is 4.79 Å². The first-order valence-electron chi connectivity index (χ1n) is 13.9. The highest BCUT2D eigenvalue weighted by atomic mass is 19.1. The largest absolute Gasteiger partial charge is 0.390 e. The number of Topliss-reactive ketones (excluding diaryl/α,β-unsaturated/α-hetero) is 1. The second-order valence-electron chi connectivity index (χ2n) is 12.9. The molecule has 1 N–H and O–H groups in total. The summed E-state index contributed by atoms with van der Waals surface area (Å²) < 4.78 is 15.7. The number of aromatic nitrogens is 3. The van der Waals surface area contributed by atoms with Crippen molar-refractivity contribution in [2.24, 2.45) is 40.4 Å². The van der Waals surface area contributed by atoms with Crippen LogP contribution in [-0.2, 0) is 11.3 Å². The van der Waals surface area contributed by atoms with Crippen molar-refractivity contribution < 1.29 is 14.3 Å². The van der Waals surface area contributed by atoms with E-state index in [1.165, 1.54) is 31.7 Å². The van der Waals surface area contributed by atoms with Gasteiger partial charge in [-0.15, -0.1) is 5.10 Å². The zero-order valence-corrected chi connectivity index (χ0v) is 21.5. The van der Waals surface area contributed by atoms with Gasteiger partial charge in [0.1, 0.15) is 12.1 Å². The van der Waals surface area contributed by atoms with Crippen molar-refractivity contribution in [2.45, 2.75) is 97.1 Å². The minimum Gasteiger partial charge on any atom is -0.390 e. The van der Waals surface area contributed by atoms with Gasteiger partial charge in [-0.05, 0) is 118 Å². The Kier molecular flexibility index (Phi) is 5.45. The minimum atomic E-state index is -0.501. The molecule has 6 heteroatoms. The lowest BCUT2D eigenvalue weighted by atomic mass is 9.42. The topological polar surface area (TPSA) is 68.0 Å². The van der Waals surface area contributed by atoms with Crippen LogP contribution in [0, 0.1) is 46.2 Å². The predicted octanol–water partition coefficient (Wildman–Crippen LogP) is 5.94. The molecule has 0 radical (unpaired) electrons. The summed E-state index contributed by atoms with van der Waals surface area (Å²) in [5.74, 6) is 2.56. The van der Waals surface area contributed by atoms with Crippen LogP contribution in [0.2, 0.25) is 0 Å². The summed E-state index contributed by atoms with van der Waals surface area (Å²) in [4.78, 5) is 13.7. The van der Waals surface area contributed by atoms with E-state index in [0.29, 0.717) is 28.7 Å². The zero-order valence-electron chi connectivity index (χ0n) is 21.5. The third kappa shape index (κ3) is 3.45. The first kappa shape index (κ1) is 23.6. The number of rotatable bonds is 4. The summed E-state index contributed by atoms with van der Waals surface area (Å²) in [7, 11) is 0. The van der Waals surface area contributed by atoms with Crippen LogP contribution in [0.25, 0.3) is 11.0 Å². The highest BCUT2D eigenvalue weighted by Gasteiger charge is 2.62. The van der Waals surface area contributed by atoms with Crippen LogP contribution in [0.5, 0.6) is 0 Å². The van der Waals surface area contributed by atoms with Crippen LogP contribution >= 0.6 is 0 Å². The molecule has 8 atom stereocenters. The molecule has 35 heavy (non-hydrogen) atoms. The summed E-state index contributed by atoms with van der Waals surface area (Å²) >= 11 is 0. The van der Waals surface area contributed by atoms with Gasteiger partial charge < -0.3 is 5.11 Å². The third-order valence-corrected chi connectivity index (χ3v) is 11.5. The van der Waals surface area contributed by atoms with Crippen molar-refractivity contribution in [1.29, 1.82) is 0 Å². The Morgan fingerprint density at radius 1 is 1.11 bits per heavy atom. The molecule has 0 bridgehead atoms. The average molecular weight is 482 g/mol. The summed E-state index contributed by atoms with van der Waals surface area (Å²) in [5.41, 5.74) is 0.751. The number of aliphatic hydroxyl groups is 1. The van der Waals surface area contributed by atoms with Crippen LogP contribution < -0.4 is 0 Å². The lowest BCUT2D eigenvalue weighted by Gasteiger charge is -2.63.